The van der Waals surface area contributed by atoms with Gasteiger partial charge in [0, 0.05) is 31.7 Å². The van der Waals surface area contributed by atoms with Crippen LogP contribution in [0.4, 0.5) is 4.39 Å². The van der Waals surface area contributed by atoms with Crippen molar-refractivity contribution in [2.75, 3.05) is 0 Å². The van der Waals surface area contributed by atoms with Crippen LogP contribution in [-0.4, -0.2) is 23.2 Å². The molecule has 3 nitrogen and oxygen atoms in total. The molecule has 0 N–H and O–H groups in total. The Labute approximate surface area is 293 Å². The van der Waals surface area contributed by atoms with Crippen LogP contribution in [0.25, 0.3) is 55.6 Å². The first-order valence-electron chi connectivity index (χ1n) is 15.6. The van der Waals surface area contributed by atoms with E-state index in [0.29, 0.717) is 5.92 Å². The fraction of sp³-hybridized carbons (Fsp3) is 0.171. The molecule has 6 heteroatoms. The van der Waals surface area contributed by atoms with Crippen LogP contribution in [0, 0.1) is 24.9 Å². The Hall–Kier alpha value is -3.90. The van der Waals surface area contributed by atoms with E-state index in [0.717, 1.165) is 55.6 Å². The minimum Gasteiger partial charge on any atom is 0 e. The third-order valence-corrected chi connectivity index (χ3v) is 12.7. The first-order valence-corrected chi connectivity index (χ1v) is 23.0. The van der Waals surface area contributed by atoms with E-state index < -0.39 is 13.3 Å². The number of nitrogens with zero attached hydrogens (tertiary/aromatic N) is 2. The van der Waals surface area contributed by atoms with E-state index in [1.54, 1.807) is 12.1 Å². The molecule has 0 saturated carbocycles. The van der Waals surface area contributed by atoms with Crippen LogP contribution in [0.5, 0.6) is 0 Å². The standard InChI is InChI=1S/C26H19FNO.C15H18GeN.Ir/c1-16(2)18-12-13-28-24(14-18)23-5-3-4-22-21-11-8-19(15-25(21)29-26(22)23)17-6-9-20(27)10-7-17;1-12-10-15(13-8-6-5-7-9-13)17-11-14(12)16(2,3)4;/h3-4,6-16H,1-2H3;5-8,10-11H,1-4H3;/q2*-1;. The monoisotopic (exact) mass is 859 g/mol. The molecule has 239 valence electrons. The van der Waals surface area contributed by atoms with Crippen molar-refractivity contribution in [3.05, 3.63) is 139 Å². The smallest absolute Gasteiger partial charge is 0 e. The van der Waals surface area contributed by atoms with Crippen molar-refractivity contribution < 1.29 is 28.9 Å². The summed E-state index contributed by atoms with van der Waals surface area (Å²) in [6, 6.07) is 37.4. The van der Waals surface area contributed by atoms with Crippen molar-refractivity contribution >= 4 is 39.6 Å². The predicted octanol–water partition coefficient (Wildman–Crippen LogP) is 10.8. The van der Waals surface area contributed by atoms with Crippen LogP contribution in [-0.2, 0) is 20.1 Å². The van der Waals surface area contributed by atoms with E-state index in [1.807, 2.05) is 54.7 Å². The molecule has 7 rings (SSSR count). The number of fused-ring (bicyclic) bond motifs is 3. The van der Waals surface area contributed by atoms with E-state index in [1.165, 1.54) is 27.7 Å². The molecule has 0 atom stereocenters. The van der Waals surface area contributed by atoms with Gasteiger partial charge in [0.2, 0.25) is 0 Å². The fourth-order valence-corrected chi connectivity index (χ4v) is 9.32. The van der Waals surface area contributed by atoms with Crippen LogP contribution in [0.3, 0.4) is 0 Å². The second-order valence-electron chi connectivity index (χ2n) is 13.0. The SMILES string of the molecule is CC(C)c1ccnc(-c2[c-]ccc3c2oc2cc(-c4ccc(F)cc4)ccc23)c1.Cc1cc(-c2[c-]cccc2)nc[c]1[Ge]([CH3])([CH3])[CH3].[Ir]. The van der Waals surface area contributed by atoms with Gasteiger partial charge in [-0.05, 0) is 47.0 Å². The zero-order valence-electron chi connectivity index (χ0n) is 27.5. The maximum absolute atomic E-state index is 13.3. The summed E-state index contributed by atoms with van der Waals surface area (Å²) in [4.78, 5) is 9.15. The minimum absolute atomic E-state index is 0. The van der Waals surface area contributed by atoms with Gasteiger partial charge in [-0.3, -0.25) is 0 Å². The van der Waals surface area contributed by atoms with Gasteiger partial charge in [0.05, 0.1) is 5.58 Å². The molecule has 0 aliphatic rings. The number of hydrogen-bond acceptors (Lipinski definition) is 3. The van der Waals surface area contributed by atoms with Gasteiger partial charge in [0.25, 0.3) is 0 Å². The van der Waals surface area contributed by atoms with Gasteiger partial charge in [0.15, 0.2) is 0 Å². The van der Waals surface area contributed by atoms with Gasteiger partial charge in [-0.25, -0.2) is 4.39 Å². The summed E-state index contributed by atoms with van der Waals surface area (Å²) in [5.41, 5.74) is 9.95. The Balaban J connectivity index is 0.000000207. The predicted molar refractivity (Wildman–Crippen MR) is 191 cm³/mol. The first kappa shape index (κ1) is 34.4. The van der Waals surface area contributed by atoms with Gasteiger partial charge in [-0.15, -0.1) is 18.2 Å². The van der Waals surface area contributed by atoms with E-state index >= 15 is 0 Å². The van der Waals surface area contributed by atoms with E-state index in [-0.39, 0.29) is 25.9 Å². The largest absolute Gasteiger partial charge is 0 e. The van der Waals surface area contributed by atoms with Gasteiger partial charge in [-0.2, -0.15) is 0 Å². The molecule has 3 heterocycles. The number of aromatic nitrogens is 2. The quantitative estimate of drug-likeness (QED) is 0.128. The van der Waals surface area contributed by atoms with E-state index in [4.69, 9.17) is 4.42 Å². The van der Waals surface area contributed by atoms with Crippen molar-refractivity contribution in [1.82, 2.24) is 9.97 Å². The van der Waals surface area contributed by atoms with Crippen LogP contribution in [0.2, 0.25) is 17.3 Å². The molecule has 0 amide bonds. The minimum atomic E-state index is -1.77. The first-order chi connectivity index (χ1) is 22.1. The summed E-state index contributed by atoms with van der Waals surface area (Å²) in [5.74, 6) is 7.38. The van der Waals surface area contributed by atoms with Crippen LogP contribution < -0.4 is 4.40 Å². The van der Waals surface area contributed by atoms with Crippen LogP contribution in [0.1, 0.15) is 30.9 Å². The Morgan fingerprint density at radius 1 is 0.766 bits per heavy atom. The summed E-state index contributed by atoms with van der Waals surface area (Å²) in [5, 5.41) is 2.08. The van der Waals surface area contributed by atoms with Gasteiger partial charge in [0.1, 0.15) is 11.4 Å². The molecular formula is C41H37FGeIrN2O-2. The normalized spacial score (nSPS) is 11.3. The summed E-state index contributed by atoms with van der Waals surface area (Å²) in [6.07, 6.45) is 3.91. The second kappa shape index (κ2) is 14.5. The average Bonchev–Trinajstić information content (AvgIpc) is 3.43. The molecule has 0 spiro atoms. The maximum Gasteiger partial charge on any atom is 0 e. The third-order valence-electron chi connectivity index (χ3n) is 8.22. The van der Waals surface area contributed by atoms with E-state index in [2.05, 4.69) is 90.6 Å². The molecule has 0 unspecified atom stereocenters. The molecule has 47 heavy (non-hydrogen) atoms. The topological polar surface area (TPSA) is 38.9 Å². The molecule has 1 radical (unpaired) electrons. The molecule has 0 aliphatic carbocycles. The van der Waals surface area contributed by atoms with Gasteiger partial charge < -0.3 is 9.40 Å². The summed E-state index contributed by atoms with van der Waals surface area (Å²) < 4.78 is 21.0. The Bertz CT molecular complexity index is 2130. The Morgan fingerprint density at radius 2 is 1.53 bits per heavy atom. The molecule has 3 aromatic heterocycles. The molecular weight excluding hydrogens is 820 g/mol. The van der Waals surface area contributed by atoms with Crippen molar-refractivity contribution in [1.29, 1.82) is 0 Å². The molecule has 4 aromatic carbocycles. The molecule has 0 saturated heterocycles. The number of pyridine rings is 2. The number of rotatable bonds is 5. The van der Waals surface area contributed by atoms with Gasteiger partial charge in [-0.1, -0.05) is 60.7 Å². The van der Waals surface area contributed by atoms with Crippen molar-refractivity contribution in [3.8, 4) is 33.6 Å². The zero-order valence-corrected chi connectivity index (χ0v) is 32.0. The van der Waals surface area contributed by atoms with Gasteiger partial charge >= 0.3 is 106 Å². The number of halogens is 1. The summed E-state index contributed by atoms with van der Waals surface area (Å²) >= 11 is -1.77. The van der Waals surface area contributed by atoms with Crippen LogP contribution >= 0.6 is 0 Å². The molecule has 7 aromatic rings. The number of furan rings is 1. The second-order valence-corrected chi connectivity index (χ2v) is 23.5. The Kier molecular flexibility index (Phi) is 10.6. The number of benzene rings is 4. The molecule has 0 bridgehead atoms. The summed E-state index contributed by atoms with van der Waals surface area (Å²) in [6.45, 7) is 6.53. The van der Waals surface area contributed by atoms with Crippen molar-refractivity contribution in [2.24, 2.45) is 0 Å². The third kappa shape index (κ3) is 7.65. The number of hydrogen-bond donors (Lipinski definition) is 0. The van der Waals surface area contributed by atoms with Crippen LogP contribution in [0.15, 0.2) is 114 Å². The van der Waals surface area contributed by atoms with Crippen molar-refractivity contribution in [2.45, 2.75) is 44.0 Å². The Morgan fingerprint density at radius 3 is 2.21 bits per heavy atom. The summed E-state index contributed by atoms with van der Waals surface area (Å²) in [7, 11) is 0. The van der Waals surface area contributed by atoms with Crippen molar-refractivity contribution in [3.63, 3.8) is 0 Å². The maximum atomic E-state index is 13.3. The number of aryl methyl sites for hydroxylation is 1. The fourth-order valence-electron chi connectivity index (χ4n) is 5.74. The average molecular weight is 858 g/mol. The van der Waals surface area contributed by atoms with E-state index in [9.17, 15) is 4.39 Å². The molecule has 0 fully saturated rings. The zero-order chi connectivity index (χ0) is 32.4. The molecule has 0 aliphatic heterocycles.